The summed E-state index contributed by atoms with van der Waals surface area (Å²) in [4.78, 5) is 18.6. The molecule has 0 unspecified atom stereocenters. The Kier molecular flexibility index (Phi) is 4.62. The summed E-state index contributed by atoms with van der Waals surface area (Å²) in [5, 5.41) is 4.92. The minimum atomic E-state index is -0.0671. The highest BCUT2D eigenvalue weighted by atomic mass is 35.5. The Morgan fingerprint density at radius 2 is 1.67 bits per heavy atom. The van der Waals surface area contributed by atoms with Crippen molar-refractivity contribution in [2.24, 2.45) is 5.41 Å². The largest absolute Gasteiger partial charge is 0.347 e. The zero-order valence-electron chi connectivity index (χ0n) is 17.6. The standard InChI is InChI=1S/C26H27ClN2O/c1-17-22(24(30)29-26-13-10-25(2,11-14-26)12-15-26)20-16-19(27)8-9-21(20)28-23(17)18-6-4-3-5-7-18/h3-9,16H,10-15H2,1-2H3,(H,29,30). The Hall–Kier alpha value is -2.39. The molecule has 6 rings (SSSR count). The third-order valence-electron chi connectivity index (χ3n) is 7.46. The van der Waals surface area contributed by atoms with Crippen LogP contribution in [-0.4, -0.2) is 16.4 Å². The van der Waals surface area contributed by atoms with E-state index in [9.17, 15) is 4.79 Å². The molecule has 1 aromatic heterocycles. The predicted molar refractivity (Wildman–Crippen MR) is 123 cm³/mol. The molecule has 3 saturated carbocycles. The SMILES string of the molecule is Cc1c(-c2ccccc2)nc2ccc(Cl)cc2c1C(=O)NC12CCC(C)(CC1)CC2. The second-order valence-electron chi connectivity index (χ2n) is 9.53. The Morgan fingerprint density at radius 3 is 2.33 bits per heavy atom. The van der Waals surface area contributed by atoms with Gasteiger partial charge in [0.2, 0.25) is 0 Å². The van der Waals surface area contributed by atoms with E-state index in [0.29, 0.717) is 16.0 Å². The summed E-state index contributed by atoms with van der Waals surface area (Å²) >= 11 is 6.31. The van der Waals surface area contributed by atoms with Crippen molar-refractivity contribution in [3.8, 4) is 11.3 Å². The molecule has 0 spiro atoms. The lowest BCUT2D eigenvalue weighted by atomic mass is 9.58. The average Bonchev–Trinajstić information content (AvgIpc) is 2.75. The summed E-state index contributed by atoms with van der Waals surface area (Å²) in [7, 11) is 0. The molecular weight excluding hydrogens is 392 g/mol. The molecule has 1 heterocycles. The average molecular weight is 419 g/mol. The molecule has 3 aliphatic carbocycles. The molecule has 0 radical (unpaired) electrons. The van der Waals surface area contributed by atoms with Crippen LogP contribution in [0.2, 0.25) is 5.02 Å². The van der Waals surface area contributed by atoms with Crippen molar-refractivity contribution < 1.29 is 4.79 Å². The molecule has 4 heteroatoms. The summed E-state index contributed by atoms with van der Waals surface area (Å²) in [6.45, 7) is 4.40. The molecular formula is C26H27ClN2O. The highest BCUT2D eigenvalue weighted by Gasteiger charge is 2.47. The van der Waals surface area contributed by atoms with Crippen molar-refractivity contribution in [1.29, 1.82) is 0 Å². The van der Waals surface area contributed by atoms with Crippen LogP contribution in [-0.2, 0) is 0 Å². The first-order valence-corrected chi connectivity index (χ1v) is 11.2. The van der Waals surface area contributed by atoms with Crippen LogP contribution in [0.5, 0.6) is 0 Å². The Morgan fingerprint density at radius 1 is 1.00 bits per heavy atom. The van der Waals surface area contributed by atoms with Crippen LogP contribution >= 0.6 is 11.6 Å². The molecule has 1 amide bonds. The fourth-order valence-corrected chi connectivity index (χ4v) is 5.54. The molecule has 0 saturated heterocycles. The van der Waals surface area contributed by atoms with Gasteiger partial charge in [0.25, 0.3) is 5.91 Å². The number of rotatable bonds is 3. The molecule has 3 fully saturated rings. The second-order valence-corrected chi connectivity index (χ2v) is 9.97. The van der Waals surface area contributed by atoms with Crippen molar-refractivity contribution in [2.75, 3.05) is 0 Å². The maximum atomic E-state index is 13.7. The fraction of sp³-hybridized carbons (Fsp3) is 0.385. The van der Waals surface area contributed by atoms with Gasteiger partial charge < -0.3 is 5.32 Å². The number of nitrogens with zero attached hydrogens (tertiary/aromatic N) is 1. The molecule has 3 aliphatic rings. The first-order valence-electron chi connectivity index (χ1n) is 10.9. The van der Waals surface area contributed by atoms with E-state index >= 15 is 0 Å². The first kappa shape index (κ1) is 19.6. The van der Waals surface area contributed by atoms with Gasteiger partial charge in [0.1, 0.15) is 0 Å². The van der Waals surface area contributed by atoms with Crippen LogP contribution in [0.15, 0.2) is 48.5 Å². The van der Waals surface area contributed by atoms with Gasteiger partial charge >= 0.3 is 0 Å². The molecule has 0 atom stereocenters. The summed E-state index contributed by atoms with van der Waals surface area (Å²) in [6.07, 6.45) is 6.82. The maximum Gasteiger partial charge on any atom is 0.252 e. The second kappa shape index (κ2) is 7.09. The third kappa shape index (κ3) is 3.30. The molecule has 3 aromatic rings. The summed E-state index contributed by atoms with van der Waals surface area (Å²) in [5.41, 5.74) is 4.68. The predicted octanol–water partition coefficient (Wildman–Crippen LogP) is 6.71. The highest BCUT2D eigenvalue weighted by molar-refractivity contribution is 6.31. The van der Waals surface area contributed by atoms with E-state index in [4.69, 9.17) is 16.6 Å². The lowest BCUT2D eigenvalue weighted by Crippen LogP contribution is -2.56. The summed E-state index contributed by atoms with van der Waals surface area (Å²) in [5.74, 6) is 0.00449. The van der Waals surface area contributed by atoms with Gasteiger partial charge in [-0.1, -0.05) is 48.9 Å². The first-order chi connectivity index (χ1) is 14.4. The quantitative estimate of drug-likeness (QED) is 0.513. The number of halogens is 1. The molecule has 2 aromatic carbocycles. The van der Waals surface area contributed by atoms with Crippen molar-refractivity contribution >= 4 is 28.4 Å². The van der Waals surface area contributed by atoms with Crippen LogP contribution in [0.4, 0.5) is 0 Å². The number of carbonyl (C=O) groups is 1. The van der Waals surface area contributed by atoms with Crippen molar-refractivity contribution in [1.82, 2.24) is 10.3 Å². The lowest BCUT2D eigenvalue weighted by molar-refractivity contribution is 0.0339. The van der Waals surface area contributed by atoms with Crippen molar-refractivity contribution in [3.63, 3.8) is 0 Å². The van der Waals surface area contributed by atoms with E-state index in [2.05, 4.69) is 12.2 Å². The van der Waals surface area contributed by atoms with E-state index in [1.807, 2.05) is 55.5 Å². The van der Waals surface area contributed by atoms with E-state index in [1.165, 1.54) is 19.3 Å². The van der Waals surface area contributed by atoms with E-state index in [0.717, 1.165) is 47.0 Å². The summed E-state index contributed by atoms with van der Waals surface area (Å²) < 4.78 is 0. The van der Waals surface area contributed by atoms with Gasteiger partial charge in [-0.2, -0.15) is 0 Å². The van der Waals surface area contributed by atoms with Crippen LogP contribution < -0.4 is 5.32 Å². The Bertz CT molecular complexity index is 1110. The van der Waals surface area contributed by atoms with E-state index in [-0.39, 0.29) is 11.4 Å². The van der Waals surface area contributed by atoms with Gasteiger partial charge in [-0.15, -0.1) is 0 Å². The smallest absolute Gasteiger partial charge is 0.252 e. The van der Waals surface area contributed by atoms with Crippen molar-refractivity contribution in [2.45, 2.75) is 57.9 Å². The number of aromatic nitrogens is 1. The van der Waals surface area contributed by atoms with Crippen molar-refractivity contribution in [3.05, 3.63) is 64.7 Å². The van der Waals surface area contributed by atoms with Gasteiger partial charge in [0.15, 0.2) is 0 Å². The number of carbonyl (C=O) groups excluding carboxylic acids is 1. The van der Waals surface area contributed by atoms with Gasteiger partial charge in [-0.3, -0.25) is 4.79 Å². The van der Waals surface area contributed by atoms with Gasteiger partial charge in [0, 0.05) is 21.5 Å². The highest BCUT2D eigenvalue weighted by Crippen LogP contribution is 2.52. The van der Waals surface area contributed by atoms with Gasteiger partial charge in [0.05, 0.1) is 16.8 Å². The molecule has 3 nitrogen and oxygen atoms in total. The van der Waals surface area contributed by atoms with E-state index in [1.54, 1.807) is 0 Å². The van der Waals surface area contributed by atoms with Gasteiger partial charge in [-0.05, 0) is 74.6 Å². The Balaban J connectivity index is 1.61. The number of amides is 1. The number of fused-ring (bicyclic) bond motifs is 4. The molecule has 154 valence electrons. The molecule has 2 bridgehead atoms. The zero-order valence-corrected chi connectivity index (χ0v) is 18.4. The number of hydrogen-bond donors (Lipinski definition) is 1. The van der Waals surface area contributed by atoms with Crippen LogP contribution in [0.3, 0.4) is 0 Å². The topological polar surface area (TPSA) is 42.0 Å². The van der Waals surface area contributed by atoms with Gasteiger partial charge in [-0.25, -0.2) is 4.98 Å². The molecule has 0 aliphatic heterocycles. The number of pyridine rings is 1. The number of benzene rings is 2. The fourth-order valence-electron chi connectivity index (χ4n) is 5.36. The molecule has 30 heavy (non-hydrogen) atoms. The number of hydrogen-bond acceptors (Lipinski definition) is 2. The van der Waals surface area contributed by atoms with Crippen LogP contribution in [0.25, 0.3) is 22.2 Å². The molecule has 1 N–H and O–H groups in total. The zero-order chi connectivity index (χ0) is 20.9. The normalized spacial score (nSPS) is 25.4. The van der Waals surface area contributed by atoms with E-state index < -0.39 is 0 Å². The van der Waals surface area contributed by atoms with Crippen LogP contribution in [0, 0.1) is 12.3 Å². The monoisotopic (exact) mass is 418 g/mol. The minimum Gasteiger partial charge on any atom is -0.347 e. The number of nitrogens with one attached hydrogen (secondary N) is 1. The minimum absolute atomic E-state index is 0.00449. The maximum absolute atomic E-state index is 13.7. The van der Waals surface area contributed by atoms with Crippen LogP contribution in [0.1, 0.15) is 61.4 Å². The third-order valence-corrected chi connectivity index (χ3v) is 7.70. The lowest BCUT2D eigenvalue weighted by Gasteiger charge is -2.52. The summed E-state index contributed by atoms with van der Waals surface area (Å²) in [6, 6.07) is 15.7. The Labute approximate surface area is 182 Å².